The normalized spacial score (nSPS) is 9.08. The van der Waals surface area contributed by atoms with Gasteiger partial charge >= 0.3 is 0 Å². The average molecular weight is 167 g/mol. The molecule has 0 unspecified atom stereocenters. The summed E-state index contributed by atoms with van der Waals surface area (Å²) in [6, 6.07) is 4.27. The second-order valence-corrected chi connectivity index (χ2v) is 1.98. The van der Waals surface area contributed by atoms with Crippen molar-refractivity contribution in [2.24, 2.45) is 0 Å². The minimum atomic E-state index is -1.07. The lowest BCUT2D eigenvalue weighted by atomic mass is 10.3. The van der Waals surface area contributed by atoms with Crippen molar-refractivity contribution in [3.63, 3.8) is 0 Å². The van der Waals surface area contributed by atoms with Crippen molar-refractivity contribution in [1.29, 1.82) is 0 Å². The third-order valence-electron chi connectivity index (χ3n) is 1.13. The Hall–Kier alpha value is -1.56. The van der Waals surface area contributed by atoms with Crippen LogP contribution in [-0.4, -0.2) is 6.61 Å². The molecule has 0 saturated heterocycles. The molecule has 0 bridgehead atoms. The second-order valence-electron chi connectivity index (χ2n) is 1.98. The number of hydrogen-bond acceptors (Lipinski definition) is 1. The monoisotopic (exact) mass is 167 g/mol. The first-order valence-corrected chi connectivity index (χ1v) is 3.17. The molecule has 1 aromatic rings. The van der Waals surface area contributed by atoms with E-state index < -0.39 is 11.6 Å². The molecule has 1 radical (unpaired) electrons. The van der Waals surface area contributed by atoms with Crippen molar-refractivity contribution in [2.75, 3.05) is 6.61 Å². The molecule has 0 spiro atoms. The van der Waals surface area contributed by atoms with Gasteiger partial charge in [0.15, 0.2) is 11.6 Å². The minimum Gasteiger partial charge on any atom is -0.480 e. The summed E-state index contributed by atoms with van der Waals surface area (Å²) in [5, 5.41) is 0. The van der Waals surface area contributed by atoms with Crippen molar-refractivity contribution in [3.8, 4) is 18.1 Å². The number of ether oxygens (including phenoxy) is 1. The van der Waals surface area contributed by atoms with Crippen LogP contribution in [0.4, 0.5) is 8.78 Å². The lowest BCUT2D eigenvalue weighted by Crippen LogP contribution is -1.95. The molecule has 1 rings (SSSR count). The van der Waals surface area contributed by atoms with Gasteiger partial charge in [0.05, 0.1) is 6.07 Å². The summed E-state index contributed by atoms with van der Waals surface area (Å²) in [7, 11) is 0. The predicted molar refractivity (Wildman–Crippen MR) is 39.5 cm³/mol. The van der Waals surface area contributed by atoms with Crippen LogP contribution in [0, 0.1) is 30.0 Å². The fourth-order valence-corrected chi connectivity index (χ4v) is 0.635. The molecule has 0 aliphatic carbocycles. The van der Waals surface area contributed by atoms with Crippen LogP contribution in [0.1, 0.15) is 0 Å². The molecule has 0 N–H and O–H groups in total. The van der Waals surface area contributed by atoms with E-state index in [-0.39, 0.29) is 12.4 Å². The standard InChI is InChI=1S/C9H5F2O/c1-2-5-12-7-3-4-8(10)9(11)6-7/h1,3-4H,5H2. The molecular weight excluding hydrogens is 162 g/mol. The molecular formula is C9H5F2O. The zero-order chi connectivity index (χ0) is 8.97. The Balaban J connectivity index is 2.77. The Kier molecular flexibility index (Phi) is 2.65. The molecule has 61 valence electrons. The van der Waals surface area contributed by atoms with Gasteiger partial charge in [0.2, 0.25) is 0 Å². The zero-order valence-electron chi connectivity index (χ0n) is 6.10. The first-order chi connectivity index (χ1) is 5.74. The smallest absolute Gasteiger partial charge is 0.170 e. The average Bonchev–Trinajstić information content (AvgIpc) is 2.07. The second kappa shape index (κ2) is 3.72. The van der Waals surface area contributed by atoms with E-state index in [0.717, 1.165) is 6.07 Å². The number of hydrogen-bond donors (Lipinski definition) is 0. The van der Waals surface area contributed by atoms with Crippen LogP contribution in [0.3, 0.4) is 0 Å². The molecule has 1 nitrogen and oxygen atoms in total. The van der Waals surface area contributed by atoms with Crippen LogP contribution in [-0.2, 0) is 0 Å². The molecule has 0 heterocycles. The van der Waals surface area contributed by atoms with E-state index in [9.17, 15) is 8.78 Å². The largest absolute Gasteiger partial charge is 0.480 e. The van der Waals surface area contributed by atoms with Crippen LogP contribution in [0.25, 0.3) is 0 Å². The molecule has 0 fully saturated rings. The first kappa shape index (κ1) is 8.54. The van der Waals surface area contributed by atoms with Gasteiger partial charge in [-0.15, -0.1) is 6.42 Å². The summed E-state index contributed by atoms with van der Waals surface area (Å²) in [5.74, 6) is 0.275. The van der Waals surface area contributed by atoms with Gasteiger partial charge in [-0.25, -0.2) is 8.78 Å². The van der Waals surface area contributed by atoms with Gasteiger partial charge in [0.1, 0.15) is 12.4 Å². The minimum absolute atomic E-state index is 0.0154. The highest BCUT2D eigenvalue weighted by molar-refractivity contribution is 5.22. The van der Waals surface area contributed by atoms with E-state index in [1.807, 2.05) is 0 Å². The van der Waals surface area contributed by atoms with Crippen LogP contribution in [0.15, 0.2) is 12.1 Å². The van der Waals surface area contributed by atoms with E-state index in [4.69, 9.17) is 11.2 Å². The van der Waals surface area contributed by atoms with E-state index in [1.54, 1.807) is 0 Å². The Morgan fingerprint density at radius 1 is 1.50 bits per heavy atom. The van der Waals surface area contributed by atoms with Gasteiger partial charge in [-0.3, -0.25) is 0 Å². The molecule has 12 heavy (non-hydrogen) atoms. The van der Waals surface area contributed by atoms with Gasteiger partial charge < -0.3 is 4.74 Å². The maximum absolute atomic E-state index is 12.4. The van der Waals surface area contributed by atoms with Gasteiger partial charge in [-0.2, -0.15) is 0 Å². The quantitative estimate of drug-likeness (QED) is 0.610. The highest BCUT2D eigenvalue weighted by Gasteiger charge is 2.02. The van der Waals surface area contributed by atoms with Crippen LogP contribution in [0.5, 0.6) is 5.75 Å². The van der Waals surface area contributed by atoms with Crippen molar-refractivity contribution in [3.05, 3.63) is 29.8 Å². The molecule has 0 saturated carbocycles. The van der Waals surface area contributed by atoms with Crippen LogP contribution in [0.2, 0.25) is 0 Å². The summed E-state index contributed by atoms with van der Waals surface area (Å²) >= 11 is 0. The number of benzene rings is 1. The highest BCUT2D eigenvalue weighted by Crippen LogP contribution is 2.13. The first-order valence-electron chi connectivity index (χ1n) is 3.17. The maximum Gasteiger partial charge on any atom is 0.170 e. The molecule has 0 atom stereocenters. The number of rotatable bonds is 2. The van der Waals surface area contributed by atoms with Crippen molar-refractivity contribution in [1.82, 2.24) is 0 Å². The number of halogens is 2. The summed E-state index contributed by atoms with van der Waals surface area (Å²) in [6.45, 7) is 0.0154. The third kappa shape index (κ3) is 1.96. The molecule has 0 aliphatic heterocycles. The molecule has 0 aromatic heterocycles. The Bertz CT molecular complexity index is 315. The van der Waals surface area contributed by atoms with E-state index >= 15 is 0 Å². The fraction of sp³-hybridized carbons (Fsp3) is 0.111. The van der Waals surface area contributed by atoms with Gasteiger partial charge in [-0.1, -0.05) is 5.92 Å². The zero-order valence-corrected chi connectivity index (χ0v) is 6.10. The Morgan fingerprint density at radius 2 is 2.25 bits per heavy atom. The molecule has 3 heteroatoms. The lowest BCUT2D eigenvalue weighted by Gasteiger charge is -2.00. The van der Waals surface area contributed by atoms with E-state index in [0.29, 0.717) is 0 Å². The van der Waals surface area contributed by atoms with Crippen LogP contribution >= 0.6 is 0 Å². The lowest BCUT2D eigenvalue weighted by molar-refractivity contribution is 0.364. The number of terminal acetylenes is 1. The van der Waals surface area contributed by atoms with E-state index in [1.165, 1.54) is 6.07 Å². The van der Waals surface area contributed by atoms with Crippen LogP contribution < -0.4 is 4.74 Å². The van der Waals surface area contributed by atoms with Gasteiger partial charge in [0, 0.05) is 0 Å². The Morgan fingerprint density at radius 3 is 2.83 bits per heavy atom. The molecule has 0 amide bonds. The maximum atomic E-state index is 12.4. The topological polar surface area (TPSA) is 9.23 Å². The molecule has 1 aromatic carbocycles. The van der Waals surface area contributed by atoms with Gasteiger partial charge in [-0.05, 0) is 12.1 Å². The third-order valence-corrected chi connectivity index (χ3v) is 1.13. The fourth-order valence-electron chi connectivity index (χ4n) is 0.635. The van der Waals surface area contributed by atoms with Crippen molar-refractivity contribution >= 4 is 0 Å². The van der Waals surface area contributed by atoms with Crippen molar-refractivity contribution < 1.29 is 13.5 Å². The Labute approximate surface area is 69.0 Å². The summed E-state index contributed by atoms with van der Waals surface area (Å²) in [4.78, 5) is 0. The highest BCUT2D eigenvalue weighted by atomic mass is 19.2. The predicted octanol–water partition coefficient (Wildman–Crippen LogP) is 1.78. The summed E-state index contributed by atoms with van der Waals surface area (Å²) < 4.78 is 29.6. The summed E-state index contributed by atoms with van der Waals surface area (Å²) in [5.41, 5.74) is 0. The van der Waals surface area contributed by atoms with E-state index in [2.05, 4.69) is 12.0 Å². The van der Waals surface area contributed by atoms with Gasteiger partial charge in [0.25, 0.3) is 0 Å². The van der Waals surface area contributed by atoms with Crippen molar-refractivity contribution in [2.45, 2.75) is 0 Å². The SMILES string of the molecule is C#CCOc1[c]c(F)c(F)cc1. The summed E-state index contributed by atoms with van der Waals surface area (Å²) in [6.07, 6.45) is 4.89. The molecule has 0 aliphatic rings.